The van der Waals surface area contributed by atoms with Gasteiger partial charge in [0.1, 0.15) is 11.4 Å². The first-order valence-electron chi connectivity index (χ1n) is 11.6. The molecule has 0 bridgehead atoms. The molecule has 1 aliphatic rings. The highest BCUT2D eigenvalue weighted by Gasteiger charge is 2.34. The van der Waals surface area contributed by atoms with E-state index in [2.05, 4.69) is 27.5 Å². The predicted octanol–water partition coefficient (Wildman–Crippen LogP) is 4.08. The molecule has 1 aliphatic heterocycles. The molecule has 0 saturated carbocycles. The Balaban J connectivity index is 1.71. The number of aryl methyl sites for hydroxylation is 1. The van der Waals surface area contributed by atoms with Crippen molar-refractivity contribution < 1.29 is 23.9 Å². The number of hydrogen-bond acceptors (Lipinski definition) is 7. The van der Waals surface area contributed by atoms with Crippen LogP contribution in [0.3, 0.4) is 0 Å². The number of pyridine rings is 2. The average molecular weight is 484 g/mol. The van der Waals surface area contributed by atoms with Crippen molar-refractivity contribution in [3.8, 4) is 5.88 Å². The molecule has 0 unspecified atom stereocenters. The van der Waals surface area contributed by atoms with E-state index in [0.29, 0.717) is 29.5 Å². The van der Waals surface area contributed by atoms with Gasteiger partial charge in [0.25, 0.3) is 0 Å². The Labute approximate surface area is 205 Å². The zero-order valence-electron chi connectivity index (χ0n) is 21.0. The SMILES string of the molecule is COc1cc([C@@H]2CC[C@@H](C)CN2C(=O)C(=O)Nc2cnc(NC(=O)OC(C)(C)C)c(C)c2)ccn1. The van der Waals surface area contributed by atoms with E-state index >= 15 is 0 Å². The lowest BCUT2D eigenvalue weighted by molar-refractivity contribution is -0.146. The molecule has 1 saturated heterocycles. The normalized spacial score (nSPS) is 17.9. The number of nitrogens with one attached hydrogen (secondary N) is 2. The summed E-state index contributed by atoms with van der Waals surface area (Å²) in [4.78, 5) is 48.0. The number of aromatic nitrogens is 2. The number of anilines is 2. The Bertz CT molecular complexity index is 1100. The Morgan fingerprint density at radius 1 is 1.11 bits per heavy atom. The Morgan fingerprint density at radius 2 is 1.86 bits per heavy atom. The number of hydrogen-bond donors (Lipinski definition) is 2. The Hall–Kier alpha value is -3.69. The van der Waals surface area contributed by atoms with Crippen molar-refractivity contribution in [2.75, 3.05) is 24.3 Å². The summed E-state index contributed by atoms with van der Waals surface area (Å²) in [6.07, 6.45) is 4.07. The summed E-state index contributed by atoms with van der Waals surface area (Å²) < 4.78 is 10.5. The van der Waals surface area contributed by atoms with Crippen LogP contribution in [-0.4, -0.2) is 52.0 Å². The van der Waals surface area contributed by atoms with Crippen LogP contribution in [0.4, 0.5) is 16.3 Å². The monoisotopic (exact) mass is 483 g/mol. The largest absolute Gasteiger partial charge is 0.481 e. The highest BCUT2D eigenvalue weighted by atomic mass is 16.6. The first-order valence-corrected chi connectivity index (χ1v) is 11.6. The van der Waals surface area contributed by atoms with Gasteiger partial charge in [0.05, 0.1) is 25.0 Å². The first-order chi connectivity index (χ1) is 16.5. The molecule has 2 N–H and O–H groups in total. The fourth-order valence-electron chi connectivity index (χ4n) is 3.96. The second-order valence-corrected chi connectivity index (χ2v) is 9.76. The minimum Gasteiger partial charge on any atom is -0.481 e. The number of amides is 3. The van der Waals surface area contributed by atoms with Gasteiger partial charge in [-0.1, -0.05) is 6.92 Å². The van der Waals surface area contributed by atoms with E-state index in [1.807, 2.05) is 6.07 Å². The van der Waals surface area contributed by atoms with Gasteiger partial charge in [-0.3, -0.25) is 14.9 Å². The molecule has 3 heterocycles. The highest BCUT2D eigenvalue weighted by Crippen LogP contribution is 2.34. The summed E-state index contributed by atoms with van der Waals surface area (Å²) in [5.41, 5.74) is 1.19. The molecule has 35 heavy (non-hydrogen) atoms. The van der Waals surface area contributed by atoms with Gasteiger partial charge in [0.2, 0.25) is 5.88 Å². The standard InChI is InChI=1S/C25H33N5O5/c1-15-7-8-19(17-9-10-26-20(12-17)34-6)30(14-15)23(32)22(31)28-18-11-16(2)21(27-13-18)29-24(33)35-25(3,4)5/h9-13,15,19H,7-8,14H2,1-6H3,(H,28,31)(H,27,29,33)/t15-,19+/m1/s1. The fourth-order valence-corrected chi connectivity index (χ4v) is 3.96. The number of nitrogens with zero attached hydrogens (tertiary/aromatic N) is 3. The molecule has 10 heteroatoms. The van der Waals surface area contributed by atoms with Crippen molar-refractivity contribution in [2.45, 2.75) is 59.1 Å². The molecule has 0 spiro atoms. The van der Waals surface area contributed by atoms with E-state index in [4.69, 9.17) is 9.47 Å². The smallest absolute Gasteiger partial charge is 0.413 e. The molecule has 188 valence electrons. The topological polar surface area (TPSA) is 123 Å². The predicted molar refractivity (Wildman–Crippen MR) is 131 cm³/mol. The van der Waals surface area contributed by atoms with Crippen molar-refractivity contribution in [2.24, 2.45) is 5.92 Å². The van der Waals surface area contributed by atoms with Gasteiger partial charge < -0.3 is 19.7 Å². The highest BCUT2D eigenvalue weighted by molar-refractivity contribution is 6.39. The van der Waals surface area contributed by atoms with Crippen LogP contribution in [0.5, 0.6) is 5.88 Å². The quantitative estimate of drug-likeness (QED) is 0.628. The minimum absolute atomic E-state index is 0.249. The number of ether oxygens (including phenoxy) is 2. The fraction of sp³-hybridized carbons (Fsp3) is 0.480. The minimum atomic E-state index is -0.751. The van der Waals surface area contributed by atoms with Crippen LogP contribution in [0.1, 0.15) is 57.7 Å². The molecule has 0 radical (unpaired) electrons. The summed E-state index contributed by atoms with van der Waals surface area (Å²) in [7, 11) is 1.54. The second-order valence-electron chi connectivity index (χ2n) is 9.76. The molecule has 2 aromatic heterocycles. The van der Waals surface area contributed by atoms with Crippen LogP contribution >= 0.6 is 0 Å². The van der Waals surface area contributed by atoms with E-state index in [0.717, 1.165) is 18.4 Å². The lowest BCUT2D eigenvalue weighted by Gasteiger charge is -2.38. The molecule has 2 atom stereocenters. The lowest BCUT2D eigenvalue weighted by atomic mass is 9.90. The molecular weight excluding hydrogens is 450 g/mol. The van der Waals surface area contributed by atoms with Crippen molar-refractivity contribution in [1.82, 2.24) is 14.9 Å². The van der Waals surface area contributed by atoms with Crippen molar-refractivity contribution in [3.05, 3.63) is 41.7 Å². The molecular formula is C25H33N5O5. The van der Waals surface area contributed by atoms with Crippen molar-refractivity contribution in [3.63, 3.8) is 0 Å². The van der Waals surface area contributed by atoms with E-state index in [-0.39, 0.29) is 12.0 Å². The number of likely N-dealkylation sites (tertiary alicyclic amines) is 1. The summed E-state index contributed by atoms with van der Waals surface area (Å²) in [6.45, 7) is 9.56. The summed E-state index contributed by atoms with van der Waals surface area (Å²) >= 11 is 0. The Morgan fingerprint density at radius 3 is 2.51 bits per heavy atom. The van der Waals surface area contributed by atoms with Gasteiger partial charge in [0, 0.05) is 18.8 Å². The number of rotatable bonds is 4. The summed E-state index contributed by atoms with van der Waals surface area (Å²) in [6, 6.07) is 5.02. The van der Waals surface area contributed by atoms with E-state index in [1.165, 1.54) is 13.3 Å². The van der Waals surface area contributed by atoms with Crippen LogP contribution in [-0.2, 0) is 14.3 Å². The van der Waals surface area contributed by atoms with Gasteiger partial charge in [0.15, 0.2) is 0 Å². The zero-order chi connectivity index (χ0) is 25.8. The third-order valence-corrected chi connectivity index (χ3v) is 5.58. The van der Waals surface area contributed by atoms with E-state index in [9.17, 15) is 14.4 Å². The summed E-state index contributed by atoms with van der Waals surface area (Å²) in [5, 5.41) is 5.22. The summed E-state index contributed by atoms with van der Waals surface area (Å²) in [5.74, 6) is -0.335. The van der Waals surface area contributed by atoms with Gasteiger partial charge in [-0.15, -0.1) is 0 Å². The average Bonchev–Trinajstić information content (AvgIpc) is 2.79. The van der Waals surface area contributed by atoms with E-state index < -0.39 is 23.5 Å². The maximum Gasteiger partial charge on any atom is 0.413 e. The van der Waals surface area contributed by atoms with Crippen LogP contribution in [0.2, 0.25) is 0 Å². The first kappa shape index (κ1) is 25.9. The van der Waals surface area contributed by atoms with Crippen molar-refractivity contribution in [1.29, 1.82) is 0 Å². The van der Waals surface area contributed by atoms with Crippen molar-refractivity contribution >= 4 is 29.4 Å². The number of carbonyl (C=O) groups excluding carboxylic acids is 3. The zero-order valence-corrected chi connectivity index (χ0v) is 21.0. The number of carbonyl (C=O) groups is 3. The van der Waals surface area contributed by atoms with E-state index in [1.54, 1.807) is 50.9 Å². The molecule has 0 aromatic carbocycles. The van der Waals surface area contributed by atoms with Gasteiger partial charge in [-0.2, -0.15) is 0 Å². The van der Waals surface area contributed by atoms with Gasteiger partial charge in [-0.05, 0) is 69.7 Å². The van der Waals surface area contributed by atoms with Crippen LogP contribution < -0.4 is 15.4 Å². The van der Waals surface area contributed by atoms with Crippen LogP contribution in [0.15, 0.2) is 30.6 Å². The number of methoxy groups -OCH3 is 1. The maximum absolute atomic E-state index is 13.2. The molecule has 1 fully saturated rings. The maximum atomic E-state index is 13.2. The van der Waals surface area contributed by atoms with Crippen LogP contribution in [0.25, 0.3) is 0 Å². The molecule has 3 amide bonds. The second kappa shape index (κ2) is 10.7. The number of piperidine rings is 1. The molecule has 3 rings (SSSR count). The molecule has 0 aliphatic carbocycles. The van der Waals surface area contributed by atoms with Crippen LogP contribution in [0, 0.1) is 12.8 Å². The van der Waals surface area contributed by atoms with Gasteiger partial charge >= 0.3 is 17.9 Å². The van der Waals surface area contributed by atoms with Gasteiger partial charge in [-0.25, -0.2) is 14.8 Å². The lowest BCUT2D eigenvalue weighted by Crippen LogP contribution is -2.46. The Kier molecular flexibility index (Phi) is 7.93. The third kappa shape index (κ3) is 6.91. The molecule has 10 nitrogen and oxygen atoms in total. The third-order valence-electron chi connectivity index (χ3n) is 5.58. The molecule has 2 aromatic rings.